The summed E-state index contributed by atoms with van der Waals surface area (Å²) < 4.78 is 13.1. The van der Waals surface area contributed by atoms with Crippen LogP contribution in [0.3, 0.4) is 0 Å². The van der Waals surface area contributed by atoms with Crippen LogP contribution in [0.1, 0.15) is 15.9 Å². The third kappa shape index (κ3) is 3.68. The summed E-state index contributed by atoms with van der Waals surface area (Å²) in [5, 5.41) is 0.306. The van der Waals surface area contributed by atoms with Gasteiger partial charge in [0.25, 0.3) is 5.91 Å². The van der Waals surface area contributed by atoms with E-state index in [1.54, 1.807) is 19.2 Å². The first-order valence-electron chi connectivity index (χ1n) is 5.78. The topological polar surface area (TPSA) is 33.2 Å². The zero-order valence-electron chi connectivity index (χ0n) is 10.6. The van der Waals surface area contributed by atoms with Crippen molar-refractivity contribution in [3.8, 4) is 0 Å². The van der Waals surface area contributed by atoms with Gasteiger partial charge in [0.15, 0.2) is 0 Å². The summed E-state index contributed by atoms with van der Waals surface area (Å²) >= 11 is 11.5. The van der Waals surface area contributed by atoms with Gasteiger partial charge in [-0.2, -0.15) is 0 Å². The van der Waals surface area contributed by atoms with E-state index in [0.717, 1.165) is 0 Å². The van der Waals surface area contributed by atoms with Crippen molar-refractivity contribution in [1.82, 2.24) is 9.88 Å². The van der Waals surface area contributed by atoms with Crippen LogP contribution in [-0.4, -0.2) is 22.8 Å². The van der Waals surface area contributed by atoms with Crippen LogP contribution in [0.2, 0.25) is 10.3 Å². The van der Waals surface area contributed by atoms with Gasteiger partial charge in [0.2, 0.25) is 0 Å². The second kappa shape index (κ2) is 6.20. The minimum Gasteiger partial charge on any atom is -0.337 e. The maximum absolute atomic E-state index is 13.1. The minimum absolute atomic E-state index is 0.153. The Kier molecular flexibility index (Phi) is 4.57. The number of halogens is 3. The summed E-state index contributed by atoms with van der Waals surface area (Å²) in [6, 6.07) is 8.97. The Morgan fingerprint density at radius 3 is 2.50 bits per heavy atom. The Hall–Kier alpha value is -1.65. The van der Waals surface area contributed by atoms with Gasteiger partial charge >= 0.3 is 0 Å². The van der Waals surface area contributed by atoms with E-state index >= 15 is 0 Å². The van der Waals surface area contributed by atoms with Crippen LogP contribution in [0.4, 0.5) is 4.39 Å². The number of hydrogen-bond acceptors (Lipinski definition) is 2. The van der Waals surface area contributed by atoms with Crippen LogP contribution < -0.4 is 0 Å². The highest BCUT2D eigenvalue weighted by Gasteiger charge is 2.14. The lowest BCUT2D eigenvalue weighted by Gasteiger charge is -2.17. The first-order valence-corrected chi connectivity index (χ1v) is 6.54. The molecular formula is C14H11Cl2FN2O. The molecule has 0 aliphatic carbocycles. The number of benzene rings is 1. The van der Waals surface area contributed by atoms with E-state index in [1.807, 2.05) is 0 Å². The number of rotatable bonds is 3. The Balaban J connectivity index is 2.16. The van der Waals surface area contributed by atoms with Crippen LogP contribution in [0.5, 0.6) is 0 Å². The molecule has 0 N–H and O–H groups in total. The number of amides is 1. The maximum Gasteiger partial charge on any atom is 0.254 e. The molecule has 0 fully saturated rings. The minimum atomic E-state index is -0.335. The van der Waals surface area contributed by atoms with Gasteiger partial charge in [0.1, 0.15) is 16.1 Å². The number of aromatic nitrogens is 1. The van der Waals surface area contributed by atoms with Crippen LogP contribution in [0.25, 0.3) is 0 Å². The molecule has 104 valence electrons. The molecule has 0 aliphatic rings. The Morgan fingerprint density at radius 1 is 1.25 bits per heavy atom. The molecule has 0 bridgehead atoms. The summed E-state index contributed by atoms with van der Waals surface area (Å²) in [5.41, 5.74) is 1.04. The Labute approximate surface area is 125 Å². The second-order valence-electron chi connectivity index (χ2n) is 4.29. The van der Waals surface area contributed by atoms with Crippen LogP contribution >= 0.6 is 23.2 Å². The molecule has 20 heavy (non-hydrogen) atoms. The van der Waals surface area contributed by atoms with Crippen molar-refractivity contribution in [2.45, 2.75) is 6.54 Å². The van der Waals surface area contributed by atoms with Crippen molar-refractivity contribution >= 4 is 29.1 Å². The predicted molar refractivity (Wildman–Crippen MR) is 76.5 cm³/mol. The second-order valence-corrected chi connectivity index (χ2v) is 5.07. The van der Waals surface area contributed by atoms with Gasteiger partial charge in [-0.25, -0.2) is 9.37 Å². The highest BCUT2D eigenvalue weighted by Crippen LogP contribution is 2.17. The molecule has 1 heterocycles. The number of carbonyl (C=O) groups is 1. The van der Waals surface area contributed by atoms with E-state index in [4.69, 9.17) is 23.2 Å². The average Bonchev–Trinajstić information content (AvgIpc) is 2.36. The van der Waals surface area contributed by atoms with Gasteiger partial charge in [-0.1, -0.05) is 35.3 Å². The van der Waals surface area contributed by atoms with Crippen molar-refractivity contribution in [3.05, 3.63) is 63.6 Å². The SMILES string of the molecule is CN(Cc1cccc(F)c1)C(=O)c1cc(Cl)nc(Cl)c1. The van der Waals surface area contributed by atoms with Crippen molar-refractivity contribution in [1.29, 1.82) is 0 Å². The van der Waals surface area contributed by atoms with Gasteiger partial charge in [-0.15, -0.1) is 0 Å². The number of hydrogen-bond donors (Lipinski definition) is 0. The van der Waals surface area contributed by atoms with E-state index < -0.39 is 0 Å². The molecule has 0 unspecified atom stereocenters. The number of nitrogens with zero attached hydrogens (tertiary/aromatic N) is 2. The lowest BCUT2D eigenvalue weighted by Crippen LogP contribution is -2.26. The summed E-state index contributed by atoms with van der Waals surface area (Å²) in [4.78, 5) is 17.5. The molecule has 1 aromatic carbocycles. The number of carbonyl (C=O) groups excluding carboxylic acids is 1. The zero-order chi connectivity index (χ0) is 14.7. The smallest absolute Gasteiger partial charge is 0.254 e. The normalized spacial score (nSPS) is 10.4. The fraction of sp³-hybridized carbons (Fsp3) is 0.143. The van der Waals surface area contributed by atoms with Crippen molar-refractivity contribution < 1.29 is 9.18 Å². The summed E-state index contributed by atoms with van der Waals surface area (Å²) in [6.07, 6.45) is 0. The Morgan fingerprint density at radius 2 is 1.90 bits per heavy atom. The molecule has 2 rings (SSSR count). The molecular weight excluding hydrogens is 302 g/mol. The standard InChI is InChI=1S/C14H11Cl2FN2O/c1-19(8-9-3-2-4-11(17)5-9)14(20)10-6-12(15)18-13(16)7-10/h2-7H,8H2,1H3. The van der Waals surface area contributed by atoms with Crippen molar-refractivity contribution in [2.75, 3.05) is 7.05 Å². The summed E-state index contributed by atoms with van der Waals surface area (Å²) in [5.74, 6) is -0.598. The molecule has 0 atom stereocenters. The molecule has 0 spiro atoms. The molecule has 1 amide bonds. The van der Waals surface area contributed by atoms with E-state index in [1.165, 1.54) is 29.2 Å². The fourth-order valence-electron chi connectivity index (χ4n) is 1.79. The van der Waals surface area contributed by atoms with Gasteiger partial charge < -0.3 is 4.90 Å². The quantitative estimate of drug-likeness (QED) is 0.808. The summed E-state index contributed by atoms with van der Waals surface area (Å²) in [6.45, 7) is 0.286. The Bertz CT molecular complexity index is 629. The highest BCUT2D eigenvalue weighted by molar-refractivity contribution is 6.33. The highest BCUT2D eigenvalue weighted by atomic mass is 35.5. The third-order valence-corrected chi connectivity index (χ3v) is 3.05. The van der Waals surface area contributed by atoms with Crippen LogP contribution in [-0.2, 0) is 6.54 Å². The van der Waals surface area contributed by atoms with Gasteiger partial charge in [0, 0.05) is 19.2 Å². The summed E-state index contributed by atoms with van der Waals surface area (Å²) in [7, 11) is 1.62. The van der Waals surface area contributed by atoms with Crippen molar-refractivity contribution in [3.63, 3.8) is 0 Å². The predicted octanol–water partition coefficient (Wildman–Crippen LogP) is 3.80. The lowest BCUT2D eigenvalue weighted by atomic mass is 10.2. The first-order chi connectivity index (χ1) is 9.45. The molecule has 0 aliphatic heterocycles. The molecule has 6 heteroatoms. The van der Waals surface area contributed by atoms with Crippen LogP contribution in [0, 0.1) is 5.82 Å². The molecule has 2 aromatic rings. The fourth-order valence-corrected chi connectivity index (χ4v) is 2.25. The van der Waals surface area contributed by atoms with Gasteiger partial charge in [0.05, 0.1) is 0 Å². The van der Waals surface area contributed by atoms with E-state index in [9.17, 15) is 9.18 Å². The van der Waals surface area contributed by atoms with E-state index in [0.29, 0.717) is 11.1 Å². The van der Waals surface area contributed by atoms with Gasteiger partial charge in [-0.05, 0) is 29.8 Å². The zero-order valence-corrected chi connectivity index (χ0v) is 12.1. The molecule has 0 radical (unpaired) electrons. The molecule has 0 saturated carbocycles. The van der Waals surface area contributed by atoms with E-state index in [2.05, 4.69) is 4.98 Å². The molecule has 3 nitrogen and oxygen atoms in total. The maximum atomic E-state index is 13.1. The number of pyridine rings is 1. The van der Waals surface area contributed by atoms with E-state index in [-0.39, 0.29) is 28.6 Å². The monoisotopic (exact) mass is 312 g/mol. The largest absolute Gasteiger partial charge is 0.337 e. The van der Waals surface area contributed by atoms with Gasteiger partial charge in [-0.3, -0.25) is 4.79 Å². The molecule has 1 aromatic heterocycles. The van der Waals surface area contributed by atoms with Crippen molar-refractivity contribution in [2.24, 2.45) is 0 Å². The first kappa shape index (κ1) is 14.8. The van der Waals surface area contributed by atoms with Crippen LogP contribution in [0.15, 0.2) is 36.4 Å². The molecule has 0 saturated heterocycles. The lowest BCUT2D eigenvalue weighted by molar-refractivity contribution is 0.0785. The third-order valence-electron chi connectivity index (χ3n) is 2.67. The average molecular weight is 313 g/mol.